The van der Waals surface area contributed by atoms with Crippen molar-refractivity contribution in [2.24, 2.45) is 87.0 Å². The summed E-state index contributed by atoms with van der Waals surface area (Å²) in [6, 6.07) is 20.1. The van der Waals surface area contributed by atoms with Gasteiger partial charge in [-0.1, -0.05) is 118 Å². The third-order valence-electron chi connectivity index (χ3n) is 26.5. The highest BCUT2D eigenvalue weighted by Gasteiger charge is 2.66. The number of hydrogen-bond donors (Lipinski definition) is 0. The molecule has 4 aliphatic heterocycles. The van der Waals surface area contributed by atoms with E-state index in [2.05, 4.69) is 65.4 Å². The van der Waals surface area contributed by atoms with Crippen molar-refractivity contribution in [2.45, 2.75) is 232 Å². The Labute approximate surface area is 513 Å². The van der Waals surface area contributed by atoms with Crippen LogP contribution >= 0.6 is 0 Å². The van der Waals surface area contributed by atoms with Crippen LogP contribution in [-0.2, 0) is 46.5 Å². The smallest absolute Gasteiger partial charge is 0.410 e. The monoisotopic (exact) mass is 1200 g/mol. The molecule has 22 atom stereocenters. The molecule has 2 aromatic carbocycles. The second-order valence-electron chi connectivity index (χ2n) is 30.6. The van der Waals surface area contributed by atoms with Crippen molar-refractivity contribution in [3.8, 4) is 0 Å². The van der Waals surface area contributed by atoms with Crippen LogP contribution in [0.4, 0.5) is 9.59 Å². The average molecular weight is 1200 g/mol. The molecule has 0 aromatic heterocycles. The molecule has 0 radical (unpaired) electrons. The van der Waals surface area contributed by atoms with Gasteiger partial charge in [-0.3, -0.25) is 4.18 Å². The SMILES string of the molecule is CC1=C2C[C@H]3C(CC[C@@H]4C[C@@H](OS(C)(=O)=O)CC[C@@]43C)[C@@H]2CC[C@]12O[C@@H]1C[C@H](C)CN(C(=O)OCc3ccccc3)[C@H]1[C@H]2C.CC1=C2C[C@H]3C(CC[C@@H]4C[C@H](N=[N+]=[N-])CC[C@@]43C)[C@@H]2CC[C@]12O[C@@H]1C[C@H](C)CN(C(=O)OCc3ccccc3)[C@H]1[C@H]2C. The van der Waals surface area contributed by atoms with Crippen molar-refractivity contribution in [3.63, 3.8) is 0 Å². The highest BCUT2D eigenvalue weighted by Crippen LogP contribution is 2.69. The number of carbonyl (C=O) groups excluding carboxylic acids is 2. The number of fused-ring (bicyclic) bond motifs is 12. The average Bonchev–Trinajstić information content (AvgIpc) is 1.89. The number of nitrogens with zero attached hydrogens (tertiary/aromatic N) is 5. The van der Waals surface area contributed by atoms with Crippen LogP contribution < -0.4 is 0 Å². The minimum Gasteiger partial charge on any atom is -0.445 e. The molecule has 0 N–H and O–H groups in total. The molecule has 14 rings (SSSR count). The highest BCUT2D eigenvalue weighted by atomic mass is 32.2. The third-order valence-corrected chi connectivity index (χ3v) is 27.1. The summed E-state index contributed by atoms with van der Waals surface area (Å²) in [5.41, 5.74) is 17.3. The largest absolute Gasteiger partial charge is 0.445 e. The molecule has 14 nitrogen and oxygen atoms in total. The number of likely N-dealkylation sites (tertiary alicyclic amines) is 2. The number of rotatable bonds is 7. The van der Waals surface area contributed by atoms with Crippen molar-refractivity contribution in [1.29, 1.82) is 0 Å². The normalized spacial score (nSPS) is 43.7. The van der Waals surface area contributed by atoms with Crippen LogP contribution in [0.2, 0.25) is 0 Å². The van der Waals surface area contributed by atoms with Crippen LogP contribution in [-0.4, -0.2) is 97.4 Å². The van der Waals surface area contributed by atoms with Gasteiger partial charge >= 0.3 is 12.2 Å². The maximum absolute atomic E-state index is 13.6. The van der Waals surface area contributed by atoms with Crippen LogP contribution in [0.15, 0.2) is 88.1 Å². The second-order valence-corrected chi connectivity index (χ2v) is 32.2. The van der Waals surface area contributed by atoms with Gasteiger partial charge in [-0.25, -0.2) is 9.59 Å². The standard InChI is InChI=1S/C36H51NO6S.C35H48N4O3/c1-22-17-32-33(37(20-22)34(38)41-21-25-9-7-6-8-10-25)24(3)36(42-32)16-14-28-29-12-11-26-18-27(43-44(5,39)40)13-15-35(26,4)31(29)19-30(28)23(36)2;1-21-16-31-32(39(19-21)33(40)41-20-24-8-6-5-7-9-24)23(3)35(42-31)15-13-27-28-11-10-25-17-26(37-38-36)12-14-34(25,4)30(28)18-29(27)22(35)2/h6-10,22,24,26-29,31-33H,11-21H2,1-5H3;5-9,21,23,25-28,30-32H,10-20H2,1-4H3/t22-,24+,26+,27-,28-,29?,31-,32+,33-,35-,36-;21-,23+,25+,26+,27-,28?,30-,31+,32-,34-,35-/m00/s1. The van der Waals surface area contributed by atoms with Gasteiger partial charge < -0.3 is 28.7 Å². The molecule has 2 amide bonds. The number of piperidine rings is 2. The fourth-order valence-corrected chi connectivity index (χ4v) is 23.0. The summed E-state index contributed by atoms with van der Waals surface area (Å²) in [5.74, 6) is 6.49. The minimum absolute atomic E-state index is 0.0253. The van der Waals surface area contributed by atoms with E-state index in [1.54, 1.807) is 11.1 Å². The molecule has 0 bridgehead atoms. The van der Waals surface area contributed by atoms with E-state index in [1.165, 1.54) is 62.3 Å². The Bertz CT molecular complexity index is 3120. The van der Waals surface area contributed by atoms with Crippen molar-refractivity contribution < 1.29 is 41.1 Å². The Morgan fingerprint density at radius 3 is 1.53 bits per heavy atom. The van der Waals surface area contributed by atoms with Gasteiger partial charge in [0.05, 0.1) is 47.9 Å². The van der Waals surface area contributed by atoms with Gasteiger partial charge in [-0.15, -0.1) is 0 Å². The number of benzene rings is 2. The first-order valence-electron chi connectivity index (χ1n) is 33.8. The van der Waals surface area contributed by atoms with Crippen LogP contribution in [0.3, 0.4) is 0 Å². The molecular weight excluding hydrogens is 1100 g/mol. The summed E-state index contributed by atoms with van der Waals surface area (Å²) in [4.78, 5) is 34.3. The Kier molecular flexibility index (Phi) is 16.3. The molecule has 2 spiro atoms. The highest BCUT2D eigenvalue weighted by molar-refractivity contribution is 7.86. The minimum atomic E-state index is -3.43. The molecule has 10 fully saturated rings. The first-order valence-corrected chi connectivity index (χ1v) is 35.6. The molecule has 2 unspecified atom stereocenters. The van der Waals surface area contributed by atoms with Gasteiger partial charge in [-0.05, 0) is 227 Å². The van der Waals surface area contributed by atoms with Crippen molar-refractivity contribution in [2.75, 3.05) is 19.3 Å². The number of carbonyl (C=O) groups is 2. The summed E-state index contributed by atoms with van der Waals surface area (Å²) in [6.45, 7) is 21.0. The quantitative estimate of drug-likeness (QED) is 0.0861. The first-order chi connectivity index (χ1) is 41.1. The molecule has 12 aliphatic rings. The lowest BCUT2D eigenvalue weighted by Gasteiger charge is -2.54. The first kappa shape index (κ1) is 60.5. The molecule has 2 aromatic rings. The Morgan fingerprint density at radius 1 is 0.628 bits per heavy atom. The molecule has 4 heterocycles. The number of hydrogen-bond acceptors (Lipinski definition) is 10. The van der Waals surface area contributed by atoms with E-state index in [9.17, 15) is 18.0 Å². The number of allylic oxidation sites excluding steroid dienone is 2. The fourth-order valence-electron chi connectivity index (χ4n) is 22.3. The number of ether oxygens (including phenoxy) is 4. The van der Waals surface area contributed by atoms with Crippen molar-refractivity contribution >= 4 is 22.3 Å². The Hall–Kier alpha value is -4.40. The van der Waals surface area contributed by atoms with E-state index in [4.69, 9.17) is 28.7 Å². The number of azide groups is 1. The van der Waals surface area contributed by atoms with E-state index in [0.29, 0.717) is 65.9 Å². The lowest BCUT2D eigenvalue weighted by Crippen LogP contribution is -2.54. The molecular formula is C71H99N5O9S. The predicted octanol–water partition coefficient (Wildman–Crippen LogP) is 15.6. The maximum Gasteiger partial charge on any atom is 0.410 e. The molecule has 86 heavy (non-hydrogen) atoms. The topological polar surface area (TPSA) is 170 Å². The summed E-state index contributed by atoms with van der Waals surface area (Å²) < 4.78 is 55.4. The molecule has 468 valence electrons. The van der Waals surface area contributed by atoms with Crippen LogP contribution in [0.5, 0.6) is 0 Å². The van der Waals surface area contributed by atoms with E-state index in [0.717, 1.165) is 100 Å². The van der Waals surface area contributed by atoms with Crippen LogP contribution in [0.1, 0.15) is 182 Å². The van der Waals surface area contributed by atoms with Gasteiger partial charge in [0.25, 0.3) is 10.1 Å². The summed E-state index contributed by atoms with van der Waals surface area (Å²) >= 11 is 0. The van der Waals surface area contributed by atoms with Crippen molar-refractivity contribution in [3.05, 3.63) is 105 Å². The molecule has 4 saturated heterocycles. The second kappa shape index (κ2) is 23.1. The van der Waals surface area contributed by atoms with Gasteiger partial charge in [0, 0.05) is 35.9 Å². The van der Waals surface area contributed by atoms with Crippen LogP contribution in [0.25, 0.3) is 10.4 Å². The summed E-state index contributed by atoms with van der Waals surface area (Å²) in [6.07, 6.45) is 20.4. The van der Waals surface area contributed by atoms with E-state index in [-0.39, 0.29) is 83.7 Å². The number of amides is 2. The van der Waals surface area contributed by atoms with Crippen LogP contribution in [0, 0.1) is 81.8 Å². The fraction of sp³-hybridized carbons (Fsp3) is 0.746. The zero-order chi connectivity index (χ0) is 60.2. The van der Waals surface area contributed by atoms with E-state index < -0.39 is 10.1 Å². The lowest BCUT2D eigenvalue weighted by atomic mass is 9.52. The lowest BCUT2D eigenvalue weighted by molar-refractivity contribution is -0.0709. The van der Waals surface area contributed by atoms with Crippen molar-refractivity contribution in [1.82, 2.24) is 9.80 Å². The Morgan fingerprint density at radius 2 is 1.08 bits per heavy atom. The molecule has 8 aliphatic carbocycles. The summed E-state index contributed by atoms with van der Waals surface area (Å²) in [5, 5.41) is 4.14. The predicted molar refractivity (Wildman–Crippen MR) is 331 cm³/mol. The molecule has 15 heteroatoms. The van der Waals surface area contributed by atoms with Gasteiger partial charge in [0.15, 0.2) is 0 Å². The maximum atomic E-state index is 13.6. The summed E-state index contributed by atoms with van der Waals surface area (Å²) in [7, 11) is -3.43. The van der Waals surface area contributed by atoms with E-state index >= 15 is 0 Å². The van der Waals surface area contributed by atoms with Gasteiger partial charge in [0.1, 0.15) is 13.2 Å². The Balaban J connectivity index is 0.000000160. The molecule has 6 saturated carbocycles. The third kappa shape index (κ3) is 10.4. The zero-order valence-corrected chi connectivity index (χ0v) is 53.9. The van der Waals surface area contributed by atoms with Gasteiger partial charge in [-0.2, -0.15) is 8.42 Å². The zero-order valence-electron chi connectivity index (χ0n) is 53.0. The van der Waals surface area contributed by atoms with Gasteiger partial charge in [0.2, 0.25) is 0 Å². The van der Waals surface area contributed by atoms with E-state index in [1.807, 2.05) is 70.5 Å².